The van der Waals surface area contributed by atoms with Gasteiger partial charge in [-0.15, -0.1) is 0 Å². The van der Waals surface area contributed by atoms with E-state index in [1.165, 1.54) is 24.8 Å². The summed E-state index contributed by atoms with van der Waals surface area (Å²) in [6, 6.07) is 0. The molecule has 0 saturated heterocycles. The maximum absolute atomic E-state index is 4.04. The molecule has 0 N–H and O–H groups in total. The van der Waals surface area contributed by atoms with E-state index in [1.807, 2.05) is 18.7 Å². The minimum atomic E-state index is 0.794. The zero-order valence-corrected chi connectivity index (χ0v) is 10.1. The molecule has 0 aromatic carbocycles. The van der Waals surface area contributed by atoms with E-state index in [0.717, 1.165) is 12.5 Å². The van der Waals surface area contributed by atoms with E-state index in [0.29, 0.717) is 0 Å². The van der Waals surface area contributed by atoms with Crippen molar-refractivity contribution in [3.05, 3.63) is 30.4 Å². The Morgan fingerprint density at radius 1 is 1.40 bits per heavy atom. The number of rotatable bonds is 6. The van der Waals surface area contributed by atoms with Gasteiger partial charge in [0, 0.05) is 18.9 Å². The van der Waals surface area contributed by atoms with E-state index in [2.05, 4.69) is 36.4 Å². The van der Waals surface area contributed by atoms with Crippen LogP contribution in [0.2, 0.25) is 0 Å². The third-order valence-electron chi connectivity index (χ3n) is 2.65. The Morgan fingerprint density at radius 2 is 2.20 bits per heavy atom. The van der Waals surface area contributed by atoms with Gasteiger partial charge in [0.2, 0.25) is 0 Å². The summed E-state index contributed by atoms with van der Waals surface area (Å²) in [7, 11) is 0. The Morgan fingerprint density at radius 3 is 2.80 bits per heavy atom. The first-order valence-electron chi connectivity index (χ1n) is 5.77. The molecule has 1 rings (SSSR count). The second-order valence-electron chi connectivity index (χ2n) is 4.55. The van der Waals surface area contributed by atoms with Crippen molar-refractivity contribution in [3.63, 3.8) is 0 Å². The molecule has 15 heavy (non-hydrogen) atoms. The van der Waals surface area contributed by atoms with E-state index < -0.39 is 0 Å². The fraction of sp³-hybridized carbons (Fsp3) is 0.615. The van der Waals surface area contributed by atoms with Gasteiger partial charge in [-0.05, 0) is 39.0 Å². The van der Waals surface area contributed by atoms with Gasteiger partial charge in [0.15, 0.2) is 0 Å². The van der Waals surface area contributed by atoms with Crippen molar-refractivity contribution in [1.82, 2.24) is 9.55 Å². The summed E-state index contributed by atoms with van der Waals surface area (Å²) in [6.45, 7) is 7.75. The van der Waals surface area contributed by atoms with Crippen LogP contribution >= 0.6 is 0 Å². The number of imidazole rings is 1. The number of hydrogen-bond acceptors (Lipinski definition) is 1. The summed E-state index contributed by atoms with van der Waals surface area (Å²) >= 11 is 0. The standard InChI is InChI=1S/C13H22N2/c1-12(2)5-4-6-13(3)7-9-15-10-8-14-11-15/h5,8,10-11,13H,4,6-7,9H2,1-3H3. The molecule has 84 valence electrons. The molecule has 1 aromatic rings. The lowest BCUT2D eigenvalue weighted by Gasteiger charge is -2.10. The van der Waals surface area contributed by atoms with Gasteiger partial charge >= 0.3 is 0 Å². The highest BCUT2D eigenvalue weighted by Gasteiger charge is 2.01. The summed E-state index contributed by atoms with van der Waals surface area (Å²) in [6.07, 6.45) is 11.8. The van der Waals surface area contributed by atoms with Crippen molar-refractivity contribution >= 4 is 0 Å². The van der Waals surface area contributed by atoms with Crippen LogP contribution in [0.5, 0.6) is 0 Å². The predicted molar refractivity (Wildman–Crippen MR) is 64.7 cm³/mol. The van der Waals surface area contributed by atoms with E-state index in [9.17, 15) is 0 Å². The van der Waals surface area contributed by atoms with Crippen molar-refractivity contribution in [2.24, 2.45) is 5.92 Å². The Bertz CT molecular complexity index is 281. The highest BCUT2D eigenvalue weighted by atomic mass is 15.0. The molecule has 0 aliphatic carbocycles. The molecule has 0 amide bonds. The van der Waals surface area contributed by atoms with Crippen LogP contribution in [0.25, 0.3) is 0 Å². The van der Waals surface area contributed by atoms with Crippen molar-refractivity contribution < 1.29 is 0 Å². The molecule has 0 fully saturated rings. The molecule has 0 saturated carbocycles. The van der Waals surface area contributed by atoms with E-state index in [1.54, 1.807) is 0 Å². The number of aromatic nitrogens is 2. The van der Waals surface area contributed by atoms with Crippen LogP contribution < -0.4 is 0 Å². The Hall–Kier alpha value is -1.05. The fourth-order valence-electron chi connectivity index (χ4n) is 1.59. The van der Waals surface area contributed by atoms with Gasteiger partial charge in [-0.2, -0.15) is 0 Å². The Kier molecular flexibility index (Phi) is 5.16. The fourth-order valence-corrected chi connectivity index (χ4v) is 1.59. The van der Waals surface area contributed by atoms with Crippen LogP contribution in [0, 0.1) is 5.92 Å². The lowest BCUT2D eigenvalue weighted by atomic mass is 10.0. The smallest absolute Gasteiger partial charge is 0.0945 e. The van der Waals surface area contributed by atoms with E-state index in [4.69, 9.17) is 0 Å². The van der Waals surface area contributed by atoms with Crippen molar-refractivity contribution in [2.75, 3.05) is 0 Å². The second kappa shape index (κ2) is 6.44. The van der Waals surface area contributed by atoms with Crippen molar-refractivity contribution in [2.45, 2.75) is 46.6 Å². The van der Waals surface area contributed by atoms with Gasteiger partial charge in [-0.1, -0.05) is 18.6 Å². The molecule has 1 heterocycles. The molecular weight excluding hydrogens is 184 g/mol. The highest BCUT2D eigenvalue weighted by Crippen LogP contribution is 2.12. The summed E-state index contributed by atoms with van der Waals surface area (Å²) in [4.78, 5) is 4.04. The Balaban J connectivity index is 2.14. The van der Waals surface area contributed by atoms with Crippen LogP contribution in [0.4, 0.5) is 0 Å². The quantitative estimate of drug-likeness (QED) is 0.649. The molecule has 1 atom stereocenters. The lowest BCUT2D eigenvalue weighted by molar-refractivity contribution is 0.454. The third kappa shape index (κ3) is 5.40. The third-order valence-corrected chi connectivity index (χ3v) is 2.65. The van der Waals surface area contributed by atoms with Crippen LogP contribution in [-0.4, -0.2) is 9.55 Å². The van der Waals surface area contributed by atoms with Gasteiger partial charge < -0.3 is 4.57 Å². The topological polar surface area (TPSA) is 17.8 Å². The van der Waals surface area contributed by atoms with Crippen LogP contribution in [0.1, 0.15) is 40.0 Å². The molecule has 1 aromatic heterocycles. The number of allylic oxidation sites excluding steroid dienone is 2. The first-order valence-corrected chi connectivity index (χ1v) is 5.77. The van der Waals surface area contributed by atoms with Gasteiger partial charge in [0.05, 0.1) is 6.33 Å². The predicted octanol–water partition coefficient (Wildman–Crippen LogP) is 3.66. The van der Waals surface area contributed by atoms with Gasteiger partial charge in [0.25, 0.3) is 0 Å². The largest absolute Gasteiger partial charge is 0.337 e. The average molecular weight is 206 g/mol. The first-order chi connectivity index (χ1) is 7.18. The molecule has 2 nitrogen and oxygen atoms in total. The van der Waals surface area contributed by atoms with E-state index >= 15 is 0 Å². The van der Waals surface area contributed by atoms with Crippen molar-refractivity contribution in [3.8, 4) is 0 Å². The lowest BCUT2D eigenvalue weighted by Crippen LogP contribution is -2.01. The molecule has 0 radical (unpaired) electrons. The summed E-state index contributed by atoms with van der Waals surface area (Å²) in [5.41, 5.74) is 1.43. The van der Waals surface area contributed by atoms with E-state index in [-0.39, 0.29) is 0 Å². The van der Waals surface area contributed by atoms with Crippen LogP contribution in [-0.2, 0) is 6.54 Å². The minimum Gasteiger partial charge on any atom is -0.337 e. The molecular formula is C13H22N2. The normalized spacial score (nSPS) is 12.5. The zero-order valence-electron chi connectivity index (χ0n) is 10.1. The second-order valence-corrected chi connectivity index (χ2v) is 4.55. The molecule has 0 bridgehead atoms. The first kappa shape index (κ1) is 12.0. The maximum atomic E-state index is 4.04. The minimum absolute atomic E-state index is 0.794. The van der Waals surface area contributed by atoms with Gasteiger partial charge in [-0.25, -0.2) is 4.98 Å². The summed E-state index contributed by atoms with van der Waals surface area (Å²) < 4.78 is 2.15. The zero-order chi connectivity index (χ0) is 11.1. The molecule has 1 unspecified atom stereocenters. The number of nitrogens with zero attached hydrogens (tertiary/aromatic N) is 2. The average Bonchev–Trinajstić information content (AvgIpc) is 2.66. The highest BCUT2D eigenvalue weighted by molar-refractivity contribution is 4.92. The summed E-state index contributed by atoms with van der Waals surface area (Å²) in [5, 5.41) is 0. The van der Waals surface area contributed by atoms with Crippen LogP contribution in [0.15, 0.2) is 30.4 Å². The molecule has 2 heteroatoms. The van der Waals surface area contributed by atoms with Gasteiger partial charge in [-0.3, -0.25) is 0 Å². The van der Waals surface area contributed by atoms with Crippen LogP contribution in [0.3, 0.4) is 0 Å². The monoisotopic (exact) mass is 206 g/mol. The molecule has 0 aliphatic rings. The van der Waals surface area contributed by atoms with Gasteiger partial charge in [0.1, 0.15) is 0 Å². The molecule has 0 spiro atoms. The molecule has 0 aliphatic heterocycles. The Labute approximate surface area is 93.0 Å². The summed E-state index contributed by atoms with van der Waals surface area (Å²) in [5.74, 6) is 0.794. The number of hydrogen-bond donors (Lipinski definition) is 0. The maximum Gasteiger partial charge on any atom is 0.0945 e. The van der Waals surface area contributed by atoms with Crippen molar-refractivity contribution in [1.29, 1.82) is 0 Å². The number of aryl methyl sites for hydroxylation is 1. The SMILES string of the molecule is CC(C)=CCCC(C)CCn1ccnc1.